The summed E-state index contributed by atoms with van der Waals surface area (Å²) in [7, 11) is 0. The highest BCUT2D eigenvalue weighted by atomic mass is 16.5. The van der Waals surface area contributed by atoms with Gasteiger partial charge < -0.3 is 19.9 Å². The number of hydrogen-bond acceptors (Lipinski definition) is 6. The van der Waals surface area contributed by atoms with Gasteiger partial charge in [0.15, 0.2) is 0 Å². The second-order valence-electron chi connectivity index (χ2n) is 7.00. The van der Waals surface area contributed by atoms with Crippen LogP contribution in [0.5, 0.6) is 0 Å². The van der Waals surface area contributed by atoms with E-state index < -0.39 is 17.9 Å². The molecule has 8 heteroatoms. The maximum Gasteiger partial charge on any atom is 0.244 e. The maximum absolute atomic E-state index is 12.5. The summed E-state index contributed by atoms with van der Waals surface area (Å²) < 4.78 is 10.6. The molecule has 0 bridgehead atoms. The molecule has 4 N–H and O–H groups in total. The lowest BCUT2D eigenvalue weighted by Gasteiger charge is -2.31. The Morgan fingerprint density at radius 3 is 2.28 bits per heavy atom. The number of hydroxylamine groups is 1. The fourth-order valence-corrected chi connectivity index (χ4v) is 2.22. The Bertz CT molecular complexity index is 384. The van der Waals surface area contributed by atoms with Gasteiger partial charge in [0.05, 0.1) is 25.9 Å². The third kappa shape index (κ3) is 11.1. The van der Waals surface area contributed by atoms with Crippen LogP contribution in [0.2, 0.25) is 0 Å². The SMILES string of the molecule is CCOCCOCCC[C@H](CC(=O)NO)C(=O)N[C@H](CO)C(C)(C)C. The van der Waals surface area contributed by atoms with Crippen LogP contribution in [0.15, 0.2) is 0 Å². The van der Waals surface area contributed by atoms with Crippen LogP contribution in [0, 0.1) is 11.3 Å². The van der Waals surface area contributed by atoms with Crippen molar-refractivity contribution in [2.45, 2.75) is 53.0 Å². The lowest BCUT2D eigenvalue weighted by molar-refractivity contribution is -0.135. The van der Waals surface area contributed by atoms with Crippen molar-refractivity contribution in [2.75, 3.05) is 33.0 Å². The van der Waals surface area contributed by atoms with Crippen molar-refractivity contribution < 1.29 is 29.4 Å². The van der Waals surface area contributed by atoms with Crippen molar-refractivity contribution in [1.82, 2.24) is 10.8 Å². The normalized spacial score (nSPS) is 14.0. The highest BCUT2D eigenvalue weighted by Crippen LogP contribution is 2.20. The first-order chi connectivity index (χ1) is 11.8. The van der Waals surface area contributed by atoms with E-state index in [4.69, 9.17) is 14.7 Å². The van der Waals surface area contributed by atoms with Crippen LogP contribution < -0.4 is 10.8 Å². The summed E-state index contributed by atoms with van der Waals surface area (Å²) in [6.07, 6.45) is 0.919. The van der Waals surface area contributed by atoms with E-state index in [-0.39, 0.29) is 24.3 Å². The fraction of sp³-hybridized carbons (Fsp3) is 0.882. The Kier molecular flexibility index (Phi) is 12.4. The zero-order valence-corrected chi connectivity index (χ0v) is 15.8. The summed E-state index contributed by atoms with van der Waals surface area (Å²) in [6.45, 7) is 9.57. The first-order valence-corrected chi connectivity index (χ1v) is 8.75. The van der Waals surface area contributed by atoms with E-state index in [0.29, 0.717) is 39.3 Å². The highest BCUT2D eigenvalue weighted by Gasteiger charge is 2.29. The average Bonchev–Trinajstić information content (AvgIpc) is 2.56. The van der Waals surface area contributed by atoms with Gasteiger partial charge in [-0.1, -0.05) is 20.8 Å². The first kappa shape index (κ1) is 23.8. The predicted molar refractivity (Wildman–Crippen MR) is 93.1 cm³/mol. The number of ether oxygens (including phenoxy) is 2. The van der Waals surface area contributed by atoms with Gasteiger partial charge in [-0.3, -0.25) is 14.8 Å². The molecule has 0 aromatic heterocycles. The van der Waals surface area contributed by atoms with Crippen LogP contribution in [0.3, 0.4) is 0 Å². The minimum absolute atomic E-state index is 0.121. The molecular weight excluding hydrogens is 328 g/mol. The minimum Gasteiger partial charge on any atom is -0.394 e. The van der Waals surface area contributed by atoms with Crippen LogP contribution in [0.1, 0.15) is 47.0 Å². The van der Waals surface area contributed by atoms with Crippen LogP contribution in [-0.2, 0) is 19.1 Å². The number of hydrogen-bond donors (Lipinski definition) is 4. The molecule has 0 aliphatic heterocycles. The van der Waals surface area contributed by atoms with Gasteiger partial charge in [0.2, 0.25) is 11.8 Å². The van der Waals surface area contributed by atoms with Crippen LogP contribution >= 0.6 is 0 Å². The standard InChI is InChI=1S/C17H34N2O6/c1-5-24-9-10-25-8-6-7-13(11-15(21)19-23)16(22)18-14(12-20)17(2,3)4/h13-14,20,23H,5-12H2,1-4H3,(H,18,22)(H,19,21)/t13-,14-/m1/s1. The molecule has 0 aliphatic carbocycles. The van der Waals surface area contributed by atoms with E-state index in [0.717, 1.165) is 0 Å². The summed E-state index contributed by atoms with van der Waals surface area (Å²) in [5, 5.41) is 21.0. The molecule has 0 rings (SSSR count). The Balaban J connectivity index is 4.50. The lowest BCUT2D eigenvalue weighted by atomic mass is 9.86. The third-order valence-electron chi connectivity index (χ3n) is 3.89. The minimum atomic E-state index is -0.617. The van der Waals surface area contributed by atoms with Crippen LogP contribution in [0.25, 0.3) is 0 Å². The highest BCUT2D eigenvalue weighted by molar-refractivity contribution is 5.85. The number of nitrogens with one attached hydrogen (secondary N) is 2. The molecular formula is C17H34N2O6. The topological polar surface area (TPSA) is 117 Å². The molecule has 2 amide bonds. The van der Waals surface area contributed by atoms with E-state index in [1.54, 1.807) is 5.48 Å². The molecule has 0 saturated heterocycles. The Morgan fingerprint density at radius 1 is 1.12 bits per heavy atom. The average molecular weight is 362 g/mol. The number of rotatable bonds is 13. The van der Waals surface area contributed by atoms with E-state index in [9.17, 15) is 14.7 Å². The Hall–Kier alpha value is -1.22. The molecule has 0 aliphatic rings. The van der Waals surface area contributed by atoms with Crippen molar-refractivity contribution in [3.05, 3.63) is 0 Å². The molecule has 0 aromatic carbocycles. The number of aliphatic hydroxyl groups excluding tert-OH is 1. The molecule has 2 atom stereocenters. The van der Waals surface area contributed by atoms with E-state index >= 15 is 0 Å². The van der Waals surface area contributed by atoms with Gasteiger partial charge in [-0.25, -0.2) is 5.48 Å². The molecule has 0 aromatic rings. The predicted octanol–water partition coefficient (Wildman–Crippen LogP) is 0.855. The van der Waals surface area contributed by atoms with E-state index in [1.807, 2.05) is 27.7 Å². The van der Waals surface area contributed by atoms with Gasteiger partial charge in [0.25, 0.3) is 0 Å². The van der Waals surface area contributed by atoms with Crippen molar-refractivity contribution in [1.29, 1.82) is 0 Å². The zero-order chi connectivity index (χ0) is 19.3. The summed E-state index contributed by atoms with van der Waals surface area (Å²) in [5.41, 5.74) is 1.25. The molecule has 25 heavy (non-hydrogen) atoms. The van der Waals surface area contributed by atoms with Crippen molar-refractivity contribution in [3.63, 3.8) is 0 Å². The number of amides is 2. The molecule has 0 radical (unpaired) electrons. The van der Waals surface area contributed by atoms with Gasteiger partial charge in [-0.2, -0.15) is 0 Å². The van der Waals surface area contributed by atoms with Gasteiger partial charge in [-0.05, 0) is 25.2 Å². The molecule has 0 heterocycles. The molecule has 0 saturated carbocycles. The smallest absolute Gasteiger partial charge is 0.244 e. The summed E-state index contributed by atoms with van der Waals surface area (Å²) in [5.74, 6) is -1.53. The summed E-state index contributed by atoms with van der Waals surface area (Å²) in [6, 6.07) is -0.415. The van der Waals surface area contributed by atoms with Crippen molar-refractivity contribution >= 4 is 11.8 Å². The Morgan fingerprint density at radius 2 is 1.76 bits per heavy atom. The van der Waals surface area contributed by atoms with E-state index in [2.05, 4.69) is 5.32 Å². The quantitative estimate of drug-likeness (QED) is 0.219. The molecule has 148 valence electrons. The molecule has 0 spiro atoms. The monoisotopic (exact) mass is 362 g/mol. The number of aliphatic hydroxyl groups is 1. The van der Waals surface area contributed by atoms with Crippen molar-refractivity contribution in [3.8, 4) is 0 Å². The molecule has 8 nitrogen and oxygen atoms in total. The second kappa shape index (κ2) is 13.0. The van der Waals surface area contributed by atoms with Crippen molar-refractivity contribution in [2.24, 2.45) is 11.3 Å². The van der Waals surface area contributed by atoms with E-state index in [1.165, 1.54) is 0 Å². The number of carbonyl (C=O) groups excluding carboxylic acids is 2. The molecule has 0 unspecified atom stereocenters. The second-order valence-corrected chi connectivity index (χ2v) is 7.00. The van der Waals surface area contributed by atoms with Crippen LogP contribution in [0.4, 0.5) is 0 Å². The summed E-state index contributed by atoms with van der Waals surface area (Å²) in [4.78, 5) is 23.9. The van der Waals surface area contributed by atoms with Crippen LogP contribution in [-0.4, -0.2) is 61.2 Å². The van der Waals surface area contributed by atoms with Gasteiger partial charge >= 0.3 is 0 Å². The lowest BCUT2D eigenvalue weighted by Crippen LogP contribution is -2.48. The fourth-order valence-electron chi connectivity index (χ4n) is 2.22. The number of carbonyl (C=O) groups is 2. The van der Waals surface area contributed by atoms with Gasteiger partial charge in [-0.15, -0.1) is 0 Å². The Labute approximate surface area is 150 Å². The van der Waals surface area contributed by atoms with Gasteiger partial charge in [0.1, 0.15) is 0 Å². The third-order valence-corrected chi connectivity index (χ3v) is 3.89. The first-order valence-electron chi connectivity index (χ1n) is 8.75. The maximum atomic E-state index is 12.5. The molecule has 0 fully saturated rings. The van der Waals surface area contributed by atoms with Gasteiger partial charge in [0, 0.05) is 25.6 Å². The summed E-state index contributed by atoms with van der Waals surface area (Å²) >= 11 is 0. The zero-order valence-electron chi connectivity index (χ0n) is 15.8. The largest absolute Gasteiger partial charge is 0.394 e.